The number of nitrogens with zero attached hydrogens (tertiary/aromatic N) is 1. The molecule has 0 saturated carbocycles. The average molecular weight is 393 g/mol. The fourth-order valence-electron chi connectivity index (χ4n) is 1.86. The summed E-state index contributed by atoms with van der Waals surface area (Å²) >= 11 is 3.38. The van der Waals surface area contributed by atoms with Gasteiger partial charge in [0.15, 0.2) is 18.1 Å². The van der Waals surface area contributed by atoms with E-state index in [1.165, 1.54) is 19.4 Å². The van der Waals surface area contributed by atoms with Crippen LogP contribution in [0.5, 0.6) is 17.2 Å². The number of nitrogens with one attached hydrogen (secondary N) is 1. The fraction of sp³-hybridized carbons (Fsp3) is 0.176. The lowest BCUT2D eigenvalue weighted by Gasteiger charge is -2.07. The van der Waals surface area contributed by atoms with Crippen LogP contribution in [0.25, 0.3) is 0 Å². The number of halogens is 1. The minimum Gasteiger partial charge on any atom is -0.504 e. The normalized spacial score (nSPS) is 10.6. The van der Waals surface area contributed by atoms with Gasteiger partial charge in [0.05, 0.1) is 17.8 Å². The Morgan fingerprint density at radius 1 is 1.29 bits per heavy atom. The van der Waals surface area contributed by atoms with E-state index in [4.69, 9.17) is 9.47 Å². The van der Waals surface area contributed by atoms with Crippen molar-refractivity contribution in [2.24, 2.45) is 5.10 Å². The van der Waals surface area contributed by atoms with Crippen molar-refractivity contribution in [2.75, 3.05) is 13.7 Å². The maximum Gasteiger partial charge on any atom is 0.277 e. The van der Waals surface area contributed by atoms with Crippen LogP contribution in [-0.4, -0.2) is 30.9 Å². The molecule has 0 aliphatic rings. The number of carbonyl (C=O) groups is 1. The number of amides is 1. The second kappa shape index (κ2) is 8.35. The summed E-state index contributed by atoms with van der Waals surface area (Å²) in [5.74, 6) is 0.560. The maximum atomic E-state index is 11.7. The zero-order valence-corrected chi connectivity index (χ0v) is 14.8. The molecule has 0 fully saturated rings. The third-order valence-corrected chi connectivity index (χ3v) is 3.67. The number of aryl methyl sites for hydroxylation is 1. The number of phenols is 1. The van der Waals surface area contributed by atoms with Crippen LogP contribution >= 0.6 is 15.9 Å². The van der Waals surface area contributed by atoms with Gasteiger partial charge in [-0.2, -0.15) is 5.10 Å². The Morgan fingerprint density at radius 2 is 2.04 bits per heavy atom. The van der Waals surface area contributed by atoms with E-state index in [-0.39, 0.29) is 12.4 Å². The maximum absolute atomic E-state index is 11.7. The Bertz CT molecular complexity index is 762. The first-order chi connectivity index (χ1) is 11.5. The summed E-state index contributed by atoms with van der Waals surface area (Å²) in [5, 5.41) is 13.5. The number of hydrogen-bond acceptors (Lipinski definition) is 5. The second-order valence-electron chi connectivity index (χ2n) is 4.95. The molecule has 2 aromatic rings. The van der Waals surface area contributed by atoms with E-state index in [1.807, 2.05) is 19.1 Å². The van der Waals surface area contributed by atoms with Crippen molar-refractivity contribution >= 4 is 28.1 Å². The summed E-state index contributed by atoms with van der Waals surface area (Å²) in [4.78, 5) is 11.7. The lowest BCUT2D eigenvalue weighted by Crippen LogP contribution is -2.24. The molecule has 2 N–H and O–H groups in total. The van der Waals surface area contributed by atoms with Gasteiger partial charge in [-0.25, -0.2) is 5.43 Å². The molecule has 0 aliphatic carbocycles. The van der Waals surface area contributed by atoms with Crippen molar-refractivity contribution in [3.05, 3.63) is 52.0 Å². The van der Waals surface area contributed by atoms with E-state index in [0.717, 1.165) is 10.0 Å². The molecule has 0 unspecified atom stereocenters. The van der Waals surface area contributed by atoms with Gasteiger partial charge in [-0.1, -0.05) is 6.07 Å². The highest BCUT2D eigenvalue weighted by Gasteiger charge is 2.05. The summed E-state index contributed by atoms with van der Waals surface area (Å²) in [6.45, 7) is 1.81. The Labute approximate surface area is 148 Å². The van der Waals surface area contributed by atoms with Gasteiger partial charge in [0.2, 0.25) is 0 Å². The number of methoxy groups -OCH3 is 1. The zero-order chi connectivity index (χ0) is 17.5. The van der Waals surface area contributed by atoms with E-state index in [2.05, 4.69) is 26.5 Å². The van der Waals surface area contributed by atoms with Crippen molar-refractivity contribution in [1.29, 1.82) is 0 Å². The minimum absolute atomic E-state index is 0.000307. The molecule has 0 spiro atoms. The molecule has 0 aliphatic heterocycles. The predicted octanol–water partition coefficient (Wildman–Crippen LogP) is 3.00. The average Bonchev–Trinajstić information content (AvgIpc) is 2.54. The van der Waals surface area contributed by atoms with Gasteiger partial charge < -0.3 is 14.6 Å². The summed E-state index contributed by atoms with van der Waals surface area (Å²) in [5.41, 5.74) is 4.07. The van der Waals surface area contributed by atoms with Crippen LogP contribution in [0.15, 0.2) is 46.0 Å². The highest BCUT2D eigenvalue weighted by atomic mass is 79.9. The standard InChI is InChI=1S/C17H17BrN2O4/c1-11-3-5-15(13(18)7-11)24-10-17(22)20-19-9-12-4-6-16(23-2)14(21)8-12/h3-9,21H,10H2,1-2H3,(H,20,22). The van der Waals surface area contributed by atoms with Crippen molar-refractivity contribution in [1.82, 2.24) is 5.43 Å². The minimum atomic E-state index is -0.392. The Morgan fingerprint density at radius 3 is 2.71 bits per heavy atom. The number of phenolic OH excluding ortho intramolecular Hbond substituents is 1. The topological polar surface area (TPSA) is 80.2 Å². The third kappa shape index (κ3) is 4.99. The van der Waals surface area contributed by atoms with Crippen LogP contribution in [0, 0.1) is 6.92 Å². The Kier molecular flexibility index (Phi) is 6.20. The van der Waals surface area contributed by atoms with E-state index in [9.17, 15) is 9.90 Å². The molecule has 7 heteroatoms. The summed E-state index contributed by atoms with van der Waals surface area (Å²) in [6.07, 6.45) is 1.42. The summed E-state index contributed by atoms with van der Waals surface area (Å²) in [6, 6.07) is 10.4. The molecular formula is C17H17BrN2O4. The number of benzene rings is 2. The smallest absolute Gasteiger partial charge is 0.277 e. The molecule has 24 heavy (non-hydrogen) atoms. The lowest BCUT2D eigenvalue weighted by atomic mass is 10.2. The van der Waals surface area contributed by atoms with E-state index >= 15 is 0 Å². The van der Waals surface area contributed by atoms with E-state index < -0.39 is 5.91 Å². The summed E-state index contributed by atoms with van der Waals surface area (Å²) in [7, 11) is 1.47. The number of ether oxygens (including phenoxy) is 2. The Hall–Kier alpha value is -2.54. The number of hydrogen-bond donors (Lipinski definition) is 2. The van der Waals surface area contributed by atoms with Crippen LogP contribution in [0.3, 0.4) is 0 Å². The van der Waals surface area contributed by atoms with Gasteiger partial charge in [0.25, 0.3) is 5.91 Å². The first-order valence-corrected chi connectivity index (χ1v) is 7.86. The molecule has 0 saturated heterocycles. The molecule has 0 aromatic heterocycles. The molecule has 0 radical (unpaired) electrons. The molecular weight excluding hydrogens is 376 g/mol. The largest absolute Gasteiger partial charge is 0.504 e. The number of aromatic hydroxyl groups is 1. The summed E-state index contributed by atoms with van der Waals surface area (Å²) < 4.78 is 11.2. The van der Waals surface area contributed by atoms with Crippen molar-refractivity contribution < 1.29 is 19.4 Å². The van der Waals surface area contributed by atoms with E-state index in [1.54, 1.807) is 18.2 Å². The zero-order valence-electron chi connectivity index (χ0n) is 13.2. The van der Waals surface area contributed by atoms with Crippen LogP contribution in [0.2, 0.25) is 0 Å². The number of carbonyl (C=O) groups excluding carboxylic acids is 1. The second-order valence-corrected chi connectivity index (χ2v) is 5.80. The van der Waals surface area contributed by atoms with Crippen LogP contribution in [-0.2, 0) is 4.79 Å². The van der Waals surface area contributed by atoms with E-state index in [0.29, 0.717) is 17.1 Å². The fourth-order valence-corrected chi connectivity index (χ4v) is 2.47. The first-order valence-electron chi connectivity index (χ1n) is 7.07. The van der Waals surface area contributed by atoms with Gasteiger partial charge in [-0.3, -0.25) is 4.79 Å². The third-order valence-electron chi connectivity index (χ3n) is 3.05. The van der Waals surface area contributed by atoms with Gasteiger partial charge in [-0.15, -0.1) is 0 Å². The molecule has 1 amide bonds. The SMILES string of the molecule is COc1ccc(C=NNC(=O)COc2ccc(C)cc2Br)cc1O. The molecule has 6 nitrogen and oxygen atoms in total. The van der Waals surface area contributed by atoms with Crippen molar-refractivity contribution in [3.63, 3.8) is 0 Å². The molecule has 0 bridgehead atoms. The monoisotopic (exact) mass is 392 g/mol. The van der Waals surface area contributed by atoms with Crippen molar-refractivity contribution in [3.8, 4) is 17.2 Å². The highest BCUT2D eigenvalue weighted by Crippen LogP contribution is 2.26. The molecule has 0 heterocycles. The van der Waals surface area contributed by atoms with Crippen molar-refractivity contribution in [2.45, 2.75) is 6.92 Å². The number of hydrazone groups is 1. The molecule has 2 aromatic carbocycles. The van der Waals surface area contributed by atoms with Gasteiger partial charge in [0.1, 0.15) is 5.75 Å². The van der Waals surface area contributed by atoms with Crippen LogP contribution in [0.1, 0.15) is 11.1 Å². The van der Waals surface area contributed by atoms with Crippen LogP contribution < -0.4 is 14.9 Å². The lowest BCUT2D eigenvalue weighted by molar-refractivity contribution is -0.123. The van der Waals surface area contributed by atoms with Gasteiger partial charge in [-0.05, 0) is 64.3 Å². The Balaban J connectivity index is 1.85. The molecule has 126 valence electrons. The van der Waals surface area contributed by atoms with Gasteiger partial charge >= 0.3 is 0 Å². The van der Waals surface area contributed by atoms with Gasteiger partial charge in [0, 0.05) is 0 Å². The molecule has 2 rings (SSSR count). The highest BCUT2D eigenvalue weighted by molar-refractivity contribution is 9.10. The number of rotatable bonds is 6. The molecule has 0 atom stereocenters. The quantitative estimate of drug-likeness (QED) is 0.584. The predicted molar refractivity (Wildman–Crippen MR) is 94.8 cm³/mol. The first kappa shape index (κ1) is 17.8. The van der Waals surface area contributed by atoms with Crippen LogP contribution in [0.4, 0.5) is 0 Å².